The standard InChI is InChI=1S/C62H111O11P/c1-4-7-10-13-16-19-22-25-27-28-29-30-32-35-38-41-44-47-50-53-62(66)73-59(55-69-60(64)51-48-45-42-39-36-33-24-21-18-15-12-9-6-3)57-71-74(67,68)70-56-58(54-63)72-61(65)52-49-46-43-40-37-34-31-26-23-20-17-14-11-8-5-2/h16,19,21,24-27,29-31,58-59,63H,4-15,17-18,20,22-23,28,32-57H2,1-3H3,(H,67,68)/b19-16-,24-21-,27-25-,30-29-,31-26-. The minimum atomic E-state index is -4.76. The number of hydrogen-bond donors (Lipinski definition) is 2. The second kappa shape index (κ2) is 56.4. The smallest absolute Gasteiger partial charge is 0.462 e. The molecule has 0 amide bonds. The number of unbranched alkanes of at least 4 members (excludes halogenated alkanes) is 29. The van der Waals surface area contributed by atoms with Crippen LogP contribution in [0.15, 0.2) is 60.8 Å². The molecule has 0 aromatic rings. The van der Waals surface area contributed by atoms with Crippen LogP contribution in [-0.2, 0) is 42.2 Å². The third-order valence-corrected chi connectivity index (χ3v) is 13.8. The highest BCUT2D eigenvalue weighted by atomic mass is 31.2. The highest BCUT2D eigenvalue weighted by Crippen LogP contribution is 2.43. The van der Waals surface area contributed by atoms with E-state index in [2.05, 4.69) is 81.5 Å². The summed E-state index contributed by atoms with van der Waals surface area (Å²) in [5, 5.41) is 9.82. The van der Waals surface area contributed by atoms with Crippen LogP contribution < -0.4 is 0 Å². The molecular weight excluding hydrogens is 952 g/mol. The van der Waals surface area contributed by atoms with Gasteiger partial charge in [0.2, 0.25) is 0 Å². The molecule has 0 aromatic heterocycles. The summed E-state index contributed by atoms with van der Waals surface area (Å²) in [5.74, 6) is -1.49. The van der Waals surface area contributed by atoms with E-state index >= 15 is 0 Å². The lowest BCUT2D eigenvalue weighted by atomic mass is 10.1. The Kier molecular flexibility index (Phi) is 54.2. The van der Waals surface area contributed by atoms with Gasteiger partial charge < -0.3 is 24.2 Å². The predicted octanol–water partition coefficient (Wildman–Crippen LogP) is 17.9. The number of allylic oxidation sites excluding steroid dienone is 10. The van der Waals surface area contributed by atoms with Crippen LogP contribution in [0.4, 0.5) is 0 Å². The first-order chi connectivity index (χ1) is 36.2. The third kappa shape index (κ3) is 54.0. The number of ether oxygens (including phenoxy) is 3. The zero-order valence-electron chi connectivity index (χ0n) is 47.6. The van der Waals surface area contributed by atoms with Crippen molar-refractivity contribution in [1.82, 2.24) is 0 Å². The third-order valence-electron chi connectivity index (χ3n) is 12.9. The first kappa shape index (κ1) is 71.2. The van der Waals surface area contributed by atoms with Crippen LogP contribution in [0.3, 0.4) is 0 Å². The summed E-state index contributed by atoms with van der Waals surface area (Å²) in [6.07, 6.45) is 61.7. The van der Waals surface area contributed by atoms with E-state index < -0.39 is 57.8 Å². The highest BCUT2D eigenvalue weighted by molar-refractivity contribution is 7.47. The molecule has 0 aliphatic heterocycles. The number of aliphatic hydroxyl groups is 1. The van der Waals surface area contributed by atoms with Crippen molar-refractivity contribution in [2.75, 3.05) is 26.4 Å². The van der Waals surface area contributed by atoms with E-state index in [-0.39, 0.29) is 25.9 Å². The normalized spacial score (nSPS) is 13.7. The molecule has 0 saturated heterocycles. The summed E-state index contributed by atoms with van der Waals surface area (Å²) in [4.78, 5) is 48.6. The van der Waals surface area contributed by atoms with E-state index in [0.29, 0.717) is 19.3 Å². The number of phosphoric ester groups is 1. The number of carbonyl (C=O) groups excluding carboxylic acids is 3. The maximum atomic E-state index is 12.9. The van der Waals surface area contributed by atoms with E-state index in [1.807, 2.05) is 0 Å². The second-order valence-corrected chi connectivity index (χ2v) is 21.6. The number of hydrogen-bond acceptors (Lipinski definition) is 10. The second-order valence-electron chi connectivity index (χ2n) is 20.2. The van der Waals surface area contributed by atoms with Gasteiger partial charge in [-0.15, -0.1) is 0 Å². The van der Waals surface area contributed by atoms with Crippen molar-refractivity contribution in [3.05, 3.63) is 60.8 Å². The molecule has 0 saturated carbocycles. The molecule has 0 aromatic carbocycles. The molecule has 2 N–H and O–H groups in total. The van der Waals surface area contributed by atoms with Crippen LogP contribution >= 0.6 is 7.82 Å². The van der Waals surface area contributed by atoms with Crippen molar-refractivity contribution in [1.29, 1.82) is 0 Å². The van der Waals surface area contributed by atoms with Crippen LogP contribution in [-0.4, -0.2) is 66.5 Å². The van der Waals surface area contributed by atoms with Gasteiger partial charge in [0.1, 0.15) is 12.7 Å². The number of esters is 3. The molecule has 0 fully saturated rings. The van der Waals surface area contributed by atoms with Crippen LogP contribution in [0.1, 0.15) is 278 Å². The zero-order valence-corrected chi connectivity index (χ0v) is 48.5. The molecule has 12 heteroatoms. The minimum absolute atomic E-state index is 0.151. The number of rotatable bonds is 56. The molecule has 3 atom stereocenters. The van der Waals surface area contributed by atoms with Gasteiger partial charge in [0, 0.05) is 19.3 Å². The monoisotopic (exact) mass is 1060 g/mol. The predicted molar refractivity (Wildman–Crippen MR) is 307 cm³/mol. The van der Waals surface area contributed by atoms with Gasteiger partial charge in [-0.3, -0.25) is 23.4 Å². The Bertz CT molecular complexity index is 1470. The molecule has 0 aliphatic rings. The Morgan fingerprint density at radius 2 is 0.662 bits per heavy atom. The number of aliphatic hydroxyl groups excluding tert-OH is 1. The highest BCUT2D eigenvalue weighted by Gasteiger charge is 2.28. The molecular formula is C62H111O11P. The Hall–Kier alpha value is -2.82. The fourth-order valence-corrected chi connectivity index (χ4v) is 9.02. The molecule has 74 heavy (non-hydrogen) atoms. The first-order valence-corrected chi connectivity index (χ1v) is 31.7. The molecule has 0 spiro atoms. The summed E-state index contributed by atoms with van der Waals surface area (Å²) in [6, 6.07) is 0. The summed E-state index contributed by atoms with van der Waals surface area (Å²) >= 11 is 0. The number of phosphoric acid groups is 1. The van der Waals surface area contributed by atoms with Gasteiger partial charge in [-0.05, 0) is 109 Å². The van der Waals surface area contributed by atoms with Gasteiger partial charge in [0.15, 0.2) is 6.10 Å². The average molecular weight is 1060 g/mol. The fraction of sp³-hybridized carbons (Fsp3) is 0.790. The Morgan fingerprint density at radius 1 is 0.378 bits per heavy atom. The molecule has 0 heterocycles. The first-order valence-electron chi connectivity index (χ1n) is 30.2. The van der Waals surface area contributed by atoms with Crippen LogP contribution in [0.2, 0.25) is 0 Å². The molecule has 0 rings (SSSR count). The van der Waals surface area contributed by atoms with Crippen LogP contribution in [0, 0.1) is 0 Å². The van der Waals surface area contributed by atoms with Gasteiger partial charge in [-0.2, -0.15) is 0 Å². The van der Waals surface area contributed by atoms with Crippen molar-refractivity contribution in [3.63, 3.8) is 0 Å². The largest absolute Gasteiger partial charge is 0.472 e. The lowest BCUT2D eigenvalue weighted by Gasteiger charge is -2.21. The van der Waals surface area contributed by atoms with Gasteiger partial charge >= 0.3 is 25.7 Å². The molecule has 0 aliphatic carbocycles. The Labute approximate surface area is 453 Å². The van der Waals surface area contributed by atoms with Gasteiger partial charge in [0.25, 0.3) is 0 Å². The summed E-state index contributed by atoms with van der Waals surface area (Å²) in [5.41, 5.74) is 0. The minimum Gasteiger partial charge on any atom is -0.462 e. The average Bonchev–Trinajstić information content (AvgIpc) is 3.39. The molecule has 430 valence electrons. The Balaban J connectivity index is 4.73. The van der Waals surface area contributed by atoms with Crippen molar-refractivity contribution >= 4 is 25.7 Å². The lowest BCUT2D eigenvalue weighted by molar-refractivity contribution is -0.161. The van der Waals surface area contributed by atoms with Crippen LogP contribution in [0.5, 0.6) is 0 Å². The Morgan fingerprint density at radius 3 is 1.07 bits per heavy atom. The summed E-state index contributed by atoms with van der Waals surface area (Å²) in [7, 11) is -4.76. The van der Waals surface area contributed by atoms with Crippen molar-refractivity contribution in [3.8, 4) is 0 Å². The summed E-state index contributed by atoms with van der Waals surface area (Å²) < 4.78 is 39.5. The van der Waals surface area contributed by atoms with Crippen molar-refractivity contribution in [2.24, 2.45) is 0 Å². The fourth-order valence-electron chi connectivity index (χ4n) is 8.23. The van der Waals surface area contributed by atoms with E-state index in [4.69, 9.17) is 23.3 Å². The summed E-state index contributed by atoms with van der Waals surface area (Å²) in [6.45, 7) is 4.59. The number of carbonyl (C=O) groups is 3. The van der Waals surface area contributed by atoms with E-state index in [9.17, 15) is 28.9 Å². The van der Waals surface area contributed by atoms with Gasteiger partial charge in [0.05, 0.1) is 19.8 Å². The van der Waals surface area contributed by atoms with E-state index in [0.717, 1.165) is 128 Å². The molecule has 0 radical (unpaired) electrons. The van der Waals surface area contributed by atoms with E-state index in [1.54, 1.807) is 0 Å². The van der Waals surface area contributed by atoms with Crippen LogP contribution in [0.25, 0.3) is 0 Å². The molecule has 11 nitrogen and oxygen atoms in total. The SMILES string of the molecule is CCCCC/C=C\C/C=C\C/C=C\CCCCCCCCC(=O)OC(COC(=O)CCCCCCC/C=C\CCCCCC)COP(=O)(O)OCC(CO)OC(=O)CCCCCCC/C=C\CCCCCCCC. The lowest BCUT2D eigenvalue weighted by Crippen LogP contribution is -2.30. The maximum Gasteiger partial charge on any atom is 0.472 e. The van der Waals surface area contributed by atoms with E-state index in [1.165, 1.54) is 89.9 Å². The molecule has 3 unspecified atom stereocenters. The quantitative estimate of drug-likeness (QED) is 0.0197. The van der Waals surface area contributed by atoms with Gasteiger partial charge in [-0.1, -0.05) is 210 Å². The molecule has 0 bridgehead atoms. The maximum absolute atomic E-state index is 12.9. The van der Waals surface area contributed by atoms with Crippen molar-refractivity contribution < 1.29 is 52.2 Å². The topological polar surface area (TPSA) is 155 Å². The van der Waals surface area contributed by atoms with Gasteiger partial charge in [-0.25, -0.2) is 4.57 Å². The van der Waals surface area contributed by atoms with Crippen molar-refractivity contribution in [2.45, 2.75) is 290 Å². The zero-order chi connectivity index (χ0) is 54.1.